The maximum Gasteiger partial charge on any atom is 0.323 e. The van der Waals surface area contributed by atoms with Gasteiger partial charge in [0, 0.05) is 26.2 Å². The van der Waals surface area contributed by atoms with Crippen LogP contribution in [0.15, 0.2) is 0 Å². The highest BCUT2D eigenvalue weighted by atomic mass is 16.5. The average molecular weight is 294 g/mol. The molecule has 2 saturated carbocycles. The van der Waals surface area contributed by atoms with Gasteiger partial charge in [-0.15, -0.1) is 0 Å². The molecule has 0 amide bonds. The molecule has 3 aliphatic rings. The molecule has 4 heteroatoms. The van der Waals surface area contributed by atoms with Gasteiger partial charge < -0.3 is 9.64 Å². The zero-order chi connectivity index (χ0) is 14.9. The lowest BCUT2D eigenvalue weighted by Gasteiger charge is -2.49. The third-order valence-corrected chi connectivity index (χ3v) is 6.33. The highest BCUT2D eigenvalue weighted by Crippen LogP contribution is 2.53. The van der Waals surface area contributed by atoms with Crippen LogP contribution in [0, 0.1) is 11.3 Å². The van der Waals surface area contributed by atoms with Crippen molar-refractivity contribution in [1.29, 1.82) is 0 Å². The van der Waals surface area contributed by atoms with Gasteiger partial charge >= 0.3 is 5.97 Å². The van der Waals surface area contributed by atoms with E-state index in [-0.39, 0.29) is 12.0 Å². The minimum Gasteiger partial charge on any atom is -0.468 e. The fraction of sp³-hybridized carbons (Fsp3) is 0.941. The van der Waals surface area contributed by atoms with Crippen LogP contribution in [0.25, 0.3) is 0 Å². The second-order valence-electron chi connectivity index (χ2n) is 7.50. The Balaban J connectivity index is 1.63. The standard InChI is InChI=1S/C17H30N2O2/c1-18-10-12-19(13-11-18)15(16(20)21-2)14-4-8-17(9-5-14)6-3-7-17/h14-15H,3-13H2,1-2H3. The average Bonchev–Trinajstić information content (AvgIpc) is 2.48. The molecule has 0 radical (unpaired) electrons. The zero-order valence-electron chi connectivity index (χ0n) is 13.6. The van der Waals surface area contributed by atoms with Gasteiger partial charge in [0.2, 0.25) is 0 Å². The summed E-state index contributed by atoms with van der Waals surface area (Å²) in [5.74, 6) is 0.501. The van der Waals surface area contributed by atoms with Crippen LogP contribution < -0.4 is 0 Å². The molecular formula is C17H30N2O2. The van der Waals surface area contributed by atoms with Crippen LogP contribution in [0.2, 0.25) is 0 Å². The molecule has 0 N–H and O–H groups in total. The second kappa shape index (κ2) is 6.25. The molecule has 0 aromatic rings. The van der Waals surface area contributed by atoms with Gasteiger partial charge in [-0.2, -0.15) is 0 Å². The third-order valence-electron chi connectivity index (χ3n) is 6.33. The van der Waals surface area contributed by atoms with Crippen molar-refractivity contribution in [2.75, 3.05) is 40.3 Å². The molecule has 2 aliphatic carbocycles. The normalized spacial score (nSPS) is 29.0. The van der Waals surface area contributed by atoms with Crippen LogP contribution in [0.1, 0.15) is 44.9 Å². The van der Waals surface area contributed by atoms with Crippen LogP contribution in [-0.2, 0) is 9.53 Å². The number of carbonyl (C=O) groups excluding carboxylic acids is 1. The molecule has 4 nitrogen and oxygen atoms in total. The first-order valence-corrected chi connectivity index (χ1v) is 8.64. The lowest BCUT2D eigenvalue weighted by molar-refractivity contribution is -0.151. The summed E-state index contributed by atoms with van der Waals surface area (Å²) in [6.45, 7) is 4.12. The van der Waals surface area contributed by atoms with E-state index < -0.39 is 0 Å². The Hall–Kier alpha value is -0.610. The van der Waals surface area contributed by atoms with Gasteiger partial charge in [0.15, 0.2) is 0 Å². The monoisotopic (exact) mass is 294 g/mol. The summed E-state index contributed by atoms with van der Waals surface area (Å²) in [7, 11) is 3.70. The summed E-state index contributed by atoms with van der Waals surface area (Å²) in [6.07, 6.45) is 9.37. The van der Waals surface area contributed by atoms with E-state index >= 15 is 0 Å². The fourth-order valence-electron chi connectivity index (χ4n) is 4.61. The number of piperazine rings is 1. The minimum atomic E-state index is -0.00545. The Bertz CT molecular complexity index is 363. The van der Waals surface area contributed by atoms with Gasteiger partial charge in [-0.3, -0.25) is 9.69 Å². The summed E-state index contributed by atoms with van der Waals surface area (Å²) >= 11 is 0. The predicted molar refractivity (Wildman–Crippen MR) is 83.1 cm³/mol. The number of rotatable bonds is 3. The van der Waals surface area contributed by atoms with Crippen molar-refractivity contribution >= 4 is 5.97 Å². The number of esters is 1. The molecular weight excluding hydrogens is 264 g/mol. The van der Waals surface area contributed by atoms with Crippen LogP contribution in [0.5, 0.6) is 0 Å². The van der Waals surface area contributed by atoms with E-state index in [0.29, 0.717) is 11.3 Å². The molecule has 0 aromatic heterocycles. The van der Waals surface area contributed by atoms with Crippen molar-refractivity contribution in [2.24, 2.45) is 11.3 Å². The highest BCUT2D eigenvalue weighted by molar-refractivity contribution is 5.76. The number of likely N-dealkylation sites (N-methyl/N-ethyl adjacent to an activating group) is 1. The van der Waals surface area contributed by atoms with E-state index in [1.165, 1.54) is 44.9 Å². The van der Waals surface area contributed by atoms with Gasteiger partial charge in [0.05, 0.1) is 7.11 Å². The van der Waals surface area contributed by atoms with E-state index in [4.69, 9.17) is 4.74 Å². The summed E-state index contributed by atoms with van der Waals surface area (Å²) < 4.78 is 5.14. The number of hydrogen-bond donors (Lipinski definition) is 0. The third kappa shape index (κ3) is 3.11. The van der Waals surface area contributed by atoms with E-state index in [2.05, 4.69) is 16.8 Å². The molecule has 1 heterocycles. The van der Waals surface area contributed by atoms with Crippen molar-refractivity contribution < 1.29 is 9.53 Å². The smallest absolute Gasteiger partial charge is 0.323 e. The first-order chi connectivity index (χ1) is 10.1. The van der Waals surface area contributed by atoms with Gasteiger partial charge in [-0.25, -0.2) is 0 Å². The molecule has 1 unspecified atom stereocenters. The zero-order valence-corrected chi connectivity index (χ0v) is 13.6. The molecule has 120 valence electrons. The minimum absolute atomic E-state index is 0.00104. The number of carbonyl (C=O) groups is 1. The van der Waals surface area contributed by atoms with Gasteiger partial charge in [-0.05, 0) is 56.9 Å². The number of nitrogens with zero attached hydrogens (tertiary/aromatic N) is 2. The van der Waals surface area contributed by atoms with Crippen molar-refractivity contribution in [3.8, 4) is 0 Å². The van der Waals surface area contributed by atoms with Gasteiger partial charge in [-0.1, -0.05) is 6.42 Å². The Morgan fingerprint density at radius 3 is 2.19 bits per heavy atom. The van der Waals surface area contributed by atoms with Crippen molar-refractivity contribution in [2.45, 2.75) is 51.0 Å². The number of ether oxygens (including phenoxy) is 1. The van der Waals surface area contributed by atoms with Gasteiger partial charge in [0.25, 0.3) is 0 Å². The van der Waals surface area contributed by atoms with E-state index in [1.807, 2.05) is 0 Å². The lowest BCUT2D eigenvalue weighted by Crippen LogP contribution is -2.55. The molecule has 0 bridgehead atoms. The Morgan fingerprint density at radius 2 is 1.71 bits per heavy atom. The molecule has 0 aromatic carbocycles. The molecule has 1 saturated heterocycles. The molecule has 3 fully saturated rings. The summed E-state index contributed by atoms with van der Waals surface area (Å²) in [5.41, 5.74) is 0.666. The van der Waals surface area contributed by atoms with E-state index in [1.54, 1.807) is 7.11 Å². The summed E-state index contributed by atoms with van der Waals surface area (Å²) in [6, 6.07) is 0.00104. The highest BCUT2D eigenvalue weighted by Gasteiger charge is 2.44. The topological polar surface area (TPSA) is 32.8 Å². The molecule has 1 atom stereocenters. The maximum absolute atomic E-state index is 12.4. The molecule has 1 spiro atoms. The van der Waals surface area contributed by atoms with Crippen molar-refractivity contribution in [3.63, 3.8) is 0 Å². The first-order valence-electron chi connectivity index (χ1n) is 8.64. The van der Waals surface area contributed by atoms with Crippen LogP contribution >= 0.6 is 0 Å². The Labute approximate surface area is 128 Å². The first kappa shape index (κ1) is 15.3. The van der Waals surface area contributed by atoms with E-state index in [9.17, 15) is 4.79 Å². The largest absolute Gasteiger partial charge is 0.468 e. The predicted octanol–water partition coefficient (Wildman–Crippen LogP) is 2.14. The Morgan fingerprint density at radius 1 is 1.10 bits per heavy atom. The second-order valence-corrected chi connectivity index (χ2v) is 7.50. The maximum atomic E-state index is 12.4. The van der Waals surface area contributed by atoms with Crippen molar-refractivity contribution in [1.82, 2.24) is 9.80 Å². The molecule has 1 aliphatic heterocycles. The lowest BCUT2D eigenvalue weighted by atomic mass is 9.58. The fourth-order valence-corrected chi connectivity index (χ4v) is 4.61. The molecule has 21 heavy (non-hydrogen) atoms. The quantitative estimate of drug-likeness (QED) is 0.747. The van der Waals surface area contributed by atoms with Gasteiger partial charge in [0.1, 0.15) is 6.04 Å². The van der Waals surface area contributed by atoms with Crippen molar-refractivity contribution in [3.05, 3.63) is 0 Å². The van der Waals surface area contributed by atoms with Crippen LogP contribution in [-0.4, -0.2) is 62.1 Å². The number of methoxy groups -OCH3 is 1. The Kier molecular flexibility index (Phi) is 4.55. The number of hydrogen-bond acceptors (Lipinski definition) is 4. The SMILES string of the molecule is COC(=O)C(C1CCC2(CCC2)CC1)N1CCN(C)CC1. The summed E-state index contributed by atoms with van der Waals surface area (Å²) in [4.78, 5) is 17.1. The van der Waals surface area contributed by atoms with E-state index in [0.717, 1.165) is 26.2 Å². The van der Waals surface area contributed by atoms with Crippen LogP contribution in [0.3, 0.4) is 0 Å². The summed E-state index contributed by atoms with van der Waals surface area (Å²) in [5, 5.41) is 0. The van der Waals surface area contributed by atoms with Crippen LogP contribution in [0.4, 0.5) is 0 Å². The molecule has 3 rings (SSSR count).